The quantitative estimate of drug-likeness (QED) is 0.0575. The molecule has 0 aliphatic rings. The van der Waals surface area contributed by atoms with Crippen molar-refractivity contribution in [3.8, 4) is 0 Å². The molecule has 0 saturated heterocycles. The lowest BCUT2D eigenvalue weighted by Crippen LogP contribution is -2.19. The van der Waals surface area contributed by atoms with Crippen LogP contribution in [0.15, 0.2) is 70.5 Å². The molecule has 0 heterocycles. The van der Waals surface area contributed by atoms with E-state index >= 15 is 0 Å². The van der Waals surface area contributed by atoms with Crippen molar-refractivity contribution in [3.05, 3.63) is 60.7 Å². The van der Waals surface area contributed by atoms with Crippen LogP contribution in [0.5, 0.6) is 0 Å². The predicted molar refractivity (Wildman–Crippen MR) is 245 cm³/mol. The zero-order valence-electron chi connectivity index (χ0n) is 37.2. The van der Waals surface area contributed by atoms with Gasteiger partial charge < -0.3 is 16.4 Å². The smallest absolute Gasteiger partial charge is 0.306 e. The van der Waals surface area contributed by atoms with Crippen LogP contribution in [0.25, 0.3) is 0 Å². The first-order valence-corrected chi connectivity index (χ1v) is 25.0. The van der Waals surface area contributed by atoms with E-state index in [1.54, 1.807) is 60.7 Å². The molecule has 0 bridgehead atoms. The van der Waals surface area contributed by atoms with Gasteiger partial charge >= 0.3 is 11.9 Å². The van der Waals surface area contributed by atoms with Crippen LogP contribution in [0.1, 0.15) is 219 Å². The fourth-order valence-corrected chi connectivity index (χ4v) is 8.99. The molecule has 8 heteroatoms. The summed E-state index contributed by atoms with van der Waals surface area (Å²) in [5, 5.41) is 19.4. The molecule has 0 fully saturated rings. The van der Waals surface area contributed by atoms with E-state index in [0.29, 0.717) is 35.5 Å². The van der Waals surface area contributed by atoms with E-state index in [0.717, 1.165) is 25.7 Å². The first-order chi connectivity index (χ1) is 27.7. The van der Waals surface area contributed by atoms with Gasteiger partial charge in [0.1, 0.15) is 0 Å². The number of benzene rings is 2. The fraction of sp³-hybridized carbons (Fsp3) is 0.720. The summed E-state index contributed by atoms with van der Waals surface area (Å²) in [6.45, 7) is 4.54. The van der Waals surface area contributed by atoms with Gasteiger partial charge in [-0.05, 0) is 49.9 Å². The Morgan fingerprint density at radius 3 is 0.845 bits per heavy atom. The molecular formula is C50H87NO6S. The second kappa shape index (κ2) is 38.5. The molecule has 2 aromatic carbocycles. The van der Waals surface area contributed by atoms with E-state index in [1.165, 1.54) is 154 Å². The van der Waals surface area contributed by atoms with Crippen molar-refractivity contribution < 1.29 is 28.2 Å². The lowest BCUT2D eigenvalue weighted by atomic mass is 9.89. The monoisotopic (exact) mass is 830 g/mol. The van der Waals surface area contributed by atoms with Crippen LogP contribution < -0.4 is 6.15 Å². The zero-order valence-corrected chi connectivity index (χ0v) is 38.0. The Kier molecular flexibility index (Phi) is 36.7. The number of hydrogen-bond acceptors (Lipinski definition) is 5. The number of sulfone groups is 1. The van der Waals surface area contributed by atoms with E-state index in [-0.39, 0.29) is 18.0 Å². The first kappa shape index (κ1) is 55.3. The molecule has 2 atom stereocenters. The number of aliphatic carboxylic acids is 2. The lowest BCUT2D eigenvalue weighted by molar-refractivity contribution is -0.145. The van der Waals surface area contributed by atoms with Gasteiger partial charge in [0.25, 0.3) is 0 Å². The van der Waals surface area contributed by atoms with Gasteiger partial charge in [-0.3, -0.25) is 9.59 Å². The fourth-order valence-electron chi connectivity index (χ4n) is 7.69. The summed E-state index contributed by atoms with van der Waals surface area (Å²) in [5.74, 6) is -2.27. The summed E-state index contributed by atoms with van der Waals surface area (Å²) in [7, 11) is -3.34. The highest BCUT2D eigenvalue weighted by atomic mass is 32.2. The molecule has 2 aromatic rings. The lowest BCUT2D eigenvalue weighted by Gasteiger charge is -2.16. The molecule has 7 nitrogen and oxygen atoms in total. The van der Waals surface area contributed by atoms with Gasteiger partial charge in [-0.1, -0.05) is 230 Å². The standard InChI is InChI=1S/C38H74O4.C12H10O2S.H3N/c1-3-5-7-9-11-13-15-17-19-21-23-25-27-29-31-35(37(39)40)33-34-36(38(41)42)32-30-28-26-24-22-20-18-16-14-12-10-8-6-4-2;13-15(14,11-7-3-1-4-8-11)12-9-5-2-6-10-12;/h35-36H,3-34H2,1-2H3,(H,39,40)(H,41,42);1-10H;1H3. The number of carboxylic acid groups (broad SMARTS) is 2. The average Bonchev–Trinajstić information content (AvgIpc) is 3.21. The molecule has 0 aromatic heterocycles. The van der Waals surface area contributed by atoms with Crippen molar-refractivity contribution in [2.24, 2.45) is 11.8 Å². The highest BCUT2D eigenvalue weighted by Crippen LogP contribution is 2.24. The third kappa shape index (κ3) is 29.5. The number of hydrogen-bond donors (Lipinski definition) is 3. The summed E-state index contributed by atoms with van der Waals surface area (Å²) in [6.07, 6.45) is 38.8. The summed E-state index contributed by atoms with van der Waals surface area (Å²) in [4.78, 5) is 24.3. The second-order valence-corrected chi connectivity index (χ2v) is 18.5. The first-order valence-electron chi connectivity index (χ1n) is 23.5. The van der Waals surface area contributed by atoms with Crippen LogP contribution in [-0.2, 0) is 19.4 Å². The Morgan fingerprint density at radius 2 is 0.621 bits per heavy atom. The summed E-state index contributed by atoms with van der Waals surface area (Å²) in [6, 6.07) is 16.9. The van der Waals surface area contributed by atoms with Gasteiger partial charge in [0.2, 0.25) is 9.84 Å². The number of carboxylic acids is 2. The molecule has 5 N–H and O–H groups in total. The average molecular weight is 830 g/mol. The minimum Gasteiger partial charge on any atom is -0.481 e. The Hall–Kier alpha value is -2.71. The van der Waals surface area contributed by atoms with Gasteiger partial charge in [0.15, 0.2) is 0 Å². The van der Waals surface area contributed by atoms with E-state index in [9.17, 15) is 28.2 Å². The minimum absolute atomic E-state index is 0. The van der Waals surface area contributed by atoms with Crippen molar-refractivity contribution in [2.45, 2.75) is 229 Å². The SMILES string of the molecule is CCCCCCCCCCCCCCCCC(CCC(CCCCCCCCCCCCCCCC)C(=O)O)C(=O)O.N.O=S(=O)(c1ccccc1)c1ccccc1. The maximum absolute atomic E-state index is 12.0. The Morgan fingerprint density at radius 1 is 0.397 bits per heavy atom. The Bertz CT molecular complexity index is 1220. The highest BCUT2D eigenvalue weighted by Gasteiger charge is 2.23. The molecule has 0 saturated carbocycles. The van der Waals surface area contributed by atoms with Crippen molar-refractivity contribution >= 4 is 21.8 Å². The van der Waals surface area contributed by atoms with Gasteiger partial charge in [0, 0.05) is 0 Å². The molecule has 0 radical (unpaired) electrons. The Labute approximate surface area is 356 Å². The van der Waals surface area contributed by atoms with Gasteiger partial charge in [0.05, 0.1) is 21.6 Å². The summed E-state index contributed by atoms with van der Waals surface area (Å²) < 4.78 is 24.1. The maximum Gasteiger partial charge on any atom is 0.306 e. The van der Waals surface area contributed by atoms with Crippen LogP contribution in [0.3, 0.4) is 0 Å². The van der Waals surface area contributed by atoms with Gasteiger partial charge in [-0.15, -0.1) is 0 Å². The molecule has 2 rings (SSSR count). The number of unbranched alkanes of at least 4 members (excludes halogenated alkanes) is 26. The van der Waals surface area contributed by atoms with E-state index in [4.69, 9.17) is 0 Å². The zero-order chi connectivity index (χ0) is 41.7. The molecule has 58 heavy (non-hydrogen) atoms. The van der Waals surface area contributed by atoms with Crippen molar-refractivity contribution in [1.29, 1.82) is 0 Å². The normalized spacial score (nSPS) is 12.2. The summed E-state index contributed by atoms with van der Waals surface area (Å²) in [5.41, 5.74) is 0. The molecule has 0 aliphatic carbocycles. The third-order valence-corrected chi connectivity index (χ3v) is 13.3. The van der Waals surface area contributed by atoms with Crippen LogP contribution in [0, 0.1) is 11.8 Å². The largest absolute Gasteiger partial charge is 0.481 e. The maximum atomic E-state index is 12.0. The predicted octanol–water partition coefficient (Wildman–Crippen LogP) is 15.6. The van der Waals surface area contributed by atoms with Gasteiger partial charge in [-0.25, -0.2) is 8.42 Å². The van der Waals surface area contributed by atoms with Crippen molar-refractivity contribution in [2.75, 3.05) is 0 Å². The molecule has 0 spiro atoms. The van der Waals surface area contributed by atoms with Gasteiger partial charge in [-0.2, -0.15) is 0 Å². The molecular weight excluding hydrogens is 743 g/mol. The topological polar surface area (TPSA) is 144 Å². The second-order valence-electron chi connectivity index (χ2n) is 16.5. The molecule has 334 valence electrons. The minimum atomic E-state index is -3.34. The van der Waals surface area contributed by atoms with E-state index < -0.39 is 21.8 Å². The van der Waals surface area contributed by atoms with Crippen molar-refractivity contribution in [1.82, 2.24) is 6.15 Å². The molecule has 2 unspecified atom stereocenters. The summed E-state index contributed by atoms with van der Waals surface area (Å²) >= 11 is 0. The number of rotatable bonds is 37. The van der Waals surface area contributed by atoms with Crippen molar-refractivity contribution in [3.63, 3.8) is 0 Å². The van der Waals surface area contributed by atoms with Crippen LogP contribution in [0.2, 0.25) is 0 Å². The highest BCUT2D eigenvalue weighted by molar-refractivity contribution is 7.91. The molecule has 0 aliphatic heterocycles. The van der Waals surface area contributed by atoms with E-state index in [1.807, 2.05) is 0 Å². The third-order valence-electron chi connectivity index (χ3n) is 11.5. The number of carbonyl (C=O) groups is 2. The van der Waals surface area contributed by atoms with E-state index in [2.05, 4.69) is 13.8 Å². The Balaban J connectivity index is 0.00000167. The van der Waals surface area contributed by atoms with Crippen LogP contribution in [-0.4, -0.2) is 30.6 Å². The van der Waals surface area contributed by atoms with Crippen LogP contribution in [0.4, 0.5) is 0 Å². The van der Waals surface area contributed by atoms with Crippen LogP contribution >= 0.6 is 0 Å². The molecule has 0 amide bonds.